The van der Waals surface area contributed by atoms with Gasteiger partial charge in [-0.15, -0.1) is 0 Å². The van der Waals surface area contributed by atoms with E-state index >= 15 is 0 Å². The summed E-state index contributed by atoms with van der Waals surface area (Å²) in [5.41, 5.74) is 5.30. The van der Waals surface area contributed by atoms with E-state index in [4.69, 9.17) is 24.3 Å². The van der Waals surface area contributed by atoms with Gasteiger partial charge in [-0.3, -0.25) is 13.8 Å². The highest BCUT2D eigenvalue weighted by Gasteiger charge is 2.25. The Labute approximate surface area is 265 Å². The molecule has 0 aliphatic rings. The van der Waals surface area contributed by atoms with E-state index in [2.05, 4.69) is 6.92 Å². The lowest BCUT2D eigenvalue weighted by Crippen LogP contribution is -2.28. The monoisotopic (exact) mass is 635 g/mol. The Morgan fingerprint density at radius 1 is 0.605 bits per heavy atom. The van der Waals surface area contributed by atoms with Gasteiger partial charge in [-0.1, -0.05) is 155 Å². The van der Waals surface area contributed by atoms with E-state index in [9.17, 15) is 14.3 Å². The molecular formula is C34H70NO7P. The van der Waals surface area contributed by atoms with Crippen LogP contribution in [0.4, 0.5) is 0 Å². The number of phosphoric acid groups is 1. The predicted octanol–water partition coefficient (Wildman–Crippen LogP) is 9.80. The summed E-state index contributed by atoms with van der Waals surface area (Å²) in [5, 5.41) is 0. The minimum absolute atomic E-state index is 0.0925. The van der Waals surface area contributed by atoms with Crippen LogP contribution in [0, 0.1) is 0 Å². The van der Waals surface area contributed by atoms with E-state index in [1.165, 1.54) is 128 Å². The number of phosphoric ester groups is 1. The number of carbonyl (C=O) groups excluding carboxylic acids is 1. The minimum atomic E-state index is -4.24. The van der Waals surface area contributed by atoms with E-state index in [1.54, 1.807) is 0 Å². The van der Waals surface area contributed by atoms with Gasteiger partial charge in [-0.05, 0) is 12.8 Å². The van der Waals surface area contributed by atoms with Crippen LogP contribution in [0.1, 0.15) is 174 Å². The van der Waals surface area contributed by atoms with Gasteiger partial charge in [0.25, 0.3) is 0 Å². The second-order valence-electron chi connectivity index (χ2n) is 12.1. The van der Waals surface area contributed by atoms with Crippen molar-refractivity contribution in [2.75, 3.05) is 33.0 Å². The number of rotatable bonds is 35. The maximum atomic E-state index is 12.0. The first-order valence-electron chi connectivity index (χ1n) is 18.0. The average molecular weight is 636 g/mol. The van der Waals surface area contributed by atoms with Crippen LogP contribution in [0.2, 0.25) is 0 Å². The SMILES string of the molecule is CCCCCCCCCCCCCCCCCCCCCCCCOCC(COP(=O)(O)OCCN)OC(=O)CCCC. The summed E-state index contributed by atoms with van der Waals surface area (Å²) in [6.45, 7) is 4.70. The Morgan fingerprint density at radius 2 is 1.02 bits per heavy atom. The quantitative estimate of drug-likeness (QED) is 0.0401. The fraction of sp³-hybridized carbons (Fsp3) is 0.971. The van der Waals surface area contributed by atoms with Crippen molar-refractivity contribution < 1.29 is 32.8 Å². The molecule has 9 heteroatoms. The summed E-state index contributed by atoms with van der Waals surface area (Å²) in [7, 11) is -4.24. The number of nitrogens with two attached hydrogens (primary N) is 1. The molecule has 2 unspecified atom stereocenters. The maximum Gasteiger partial charge on any atom is 0.472 e. The molecule has 0 aromatic rings. The second kappa shape index (κ2) is 32.9. The van der Waals surface area contributed by atoms with Crippen LogP contribution in [-0.4, -0.2) is 49.9 Å². The van der Waals surface area contributed by atoms with Gasteiger partial charge in [0.1, 0.15) is 6.10 Å². The molecule has 2 atom stereocenters. The molecule has 0 aliphatic carbocycles. The summed E-state index contributed by atoms with van der Waals surface area (Å²) in [6, 6.07) is 0. The lowest BCUT2D eigenvalue weighted by Gasteiger charge is -2.20. The van der Waals surface area contributed by atoms with Crippen LogP contribution in [0.25, 0.3) is 0 Å². The number of esters is 1. The normalized spacial score (nSPS) is 13.7. The van der Waals surface area contributed by atoms with Gasteiger partial charge < -0.3 is 20.1 Å². The van der Waals surface area contributed by atoms with E-state index in [0.29, 0.717) is 13.0 Å². The van der Waals surface area contributed by atoms with Crippen LogP contribution in [0.3, 0.4) is 0 Å². The highest BCUT2D eigenvalue weighted by Crippen LogP contribution is 2.43. The molecule has 0 fully saturated rings. The molecule has 0 heterocycles. The summed E-state index contributed by atoms with van der Waals surface area (Å²) < 4.78 is 32.7. The third kappa shape index (κ3) is 32.7. The molecule has 0 aliphatic heterocycles. The molecule has 0 rings (SSSR count). The van der Waals surface area contributed by atoms with Crippen LogP contribution < -0.4 is 5.73 Å². The molecule has 0 saturated heterocycles. The van der Waals surface area contributed by atoms with E-state index in [0.717, 1.165) is 25.7 Å². The zero-order valence-corrected chi connectivity index (χ0v) is 29.1. The van der Waals surface area contributed by atoms with Gasteiger partial charge in [0.15, 0.2) is 0 Å². The van der Waals surface area contributed by atoms with Crippen molar-refractivity contribution in [2.45, 2.75) is 180 Å². The highest BCUT2D eigenvalue weighted by molar-refractivity contribution is 7.47. The van der Waals surface area contributed by atoms with Crippen molar-refractivity contribution in [3.63, 3.8) is 0 Å². The number of hydrogen-bond acceptors (Lipinski definition) is 7. The smallest absolute Gasteiger partial charge is 0.457 e. The first kappa shape index (κ1) is 42.5. The predicted molar refractivity (Wildman–Crippen MR) is 178 cm³/mol. The summed E-state index contributed by atoms with van der Waals surface area (Å²) in [4.78, 5) is 21.7. The molecule has 0 aromatic heterocycles. The number of unbranched alkanes of at least 4 members (excludes halogenated alkanes) is 22. The number of hydrogen-bond donors (Lipinski definition) is 2. The molecular weight excluding hydrogens is 565 g/mol. The molecule has 258 valence electrons. The lowest BCUT2D eigenvalue weighted by atomic mass is 10.0. The fourth-order valence-corrected chi connectivity index (χ4v) is 5.86. The number of carbonyl (C=O) groups is 1. The van der Waals surface area contributed by atoms with Crippen LogP contribution >= 0.6 is 7.82 Å². The third-order valence-corrected chi connectivity index (χ3v) is 8.76. The van der Waals surface area contributed by atoms with Gasteiger partial charge >= 0.3 is 13.8 Å². The zero-order chi connectivity index (χ0) is 31.7. The highest BCUT2D eigenvalue weighted by atomic mass is 31.2. The zero-order valence-electron chi connectivity index (χ0n) is 28.2. The molecule has 0 spiro atoms. The molecule has 3 N–H and O–H groups in total. The Bertz CT molecular complexity index is 638. The summed E-state index contributed by atoms with van der Waals surface area (Å²) in [5.74, 6) is -0.362. The Hall–Kier alpha value is -0.500. The standard InChI is InChI=1S/C34H70NO7P/c1-3-5-7-8-9-10-11-12-13-14-15-16-17-18-19-20-21-22-23-24-25-26-29-39-31-33(42-34(36)27-6-4-2)32-41-43(37,38)40-30-28-35/h33H,3-32,35H2,1-2H3,(H,37,38). The van der Waals surface area contributed by atoms with E-state index < -0.39 is 13.9 Å². The van der Waals surface area contributed by atoms with Gasteiger partial charge in [0.05, 0.1) is 19.8 Å². The van der Waals surface area contributed by atoms with Gasteiger partial charge in [-0.25, -0.2) is 4.57 Å². The third-order valence-electron chi connectivity index (χ3n) is 7.77. The van der Waals surface area contributed by atoms with Crippen molar-refractivity contribution in [3.8, 4) is 0 Å². The minimum Gasteiger partial charge on any atom is -0.457 e. The summed E-state index contributed by atoms with van der Waals surface area (Å²) >= 11 is 0. The Balaban J connectivity index is 3.62. The van der Waals surface area contributed by atoms with Crippen LogP contribution in [0.15, 0.2) is 0 Å². The topological polar surface area (TPSA) is 117 Å². The Kier molecular flexibility index (Phi) is 32.5. The molecule has 8 nitrogen and oxygen atoms in total. The largest absolute Gasteiger partial charge is 0.472 e. The van der Waals surface area contributed by atoms with E-state index in [-0.39, 0.29) is 32.3 Å². The molecule has 0 bridgehead atoms. The number of ether oxygens (including phenoxy) is 2. The first-order valence-corrected chi connectivity index (χ1v) is 19.5. The van der Waals surface area contributed by atoms with Crippen molar-refractivity contribution >= 4 is 13.8 Å². The average Bonchev–Trinajstić information content (AvgIpc) is 2.99. The van der Waals surface area contributed by atoms with Crippen molar-refractivity contribution in [2.24, 2.45) is 5.73 Å². The van der Waals surface area contributed by atoms with Crippen molar-refractivity contribution in [1.29, 1.82) is 0 Å². The second-order valence-corrected chi connectivity index (χ2v) is 13.6. The van der Waals surface area contributed by atoms with Crippen molar-refractivity contribution in [1.82, 2.24) is 0 Å². The first-order chi connectivity index (χ1) is 20.9. The molecule has 0 saturated carbocycles. The van der Waals surface area contributed by atoms with Gasteiger partial charge in [-0.2, -0.15) is 0 Å². The van der Waals surface area contributed by atoms with Crippen LogP contribution in [0.5, 0.6) is 0 Å². The summed E-state index contributed by atoms with van der Waals surface area (Å²) in [6.07, 6.45) is 31.0. The molecule has 0 amide bonds. The van der Waals surface area contributed by atoms with Gasteiger partial charge in [0.2, 0.25) is 0 Å². The lowest BCUT2D eigenvalue weighted by molar-refractivity contribution is -0.154. The Morgan fingerprint density at radius 3 is 1.44 bits per heavy atom. The molecule has 0 aromatic carbocycles. The van der Waals surface area contributed by atoms with E-state index in [1.807, 2.05) is 6.92 Å². The molecule has 43 heavy (non-hydrogen) atoms. The maximum absolute atomic E-state index is 12.0. The fourth-order valence-electron chi connectivity index (χ4n) is 5.09. The molecule has 0 radical (unpaired) electrons. The van der Waals surface area contributed by atoms with Crippen molar-refractivity contribution in [3.05, 3.63) is 0 Å². The van der Waals surface area contributed by atoms with Gasteiger partial charge in [0, 0.05) is 19.6 Å². The van der Waals surface area contributed by atoms with Crippen LogP contribution in [-0.2, 0) is 27.9 Å².